The van der Waals surface area contributed by atoms with E-state index >= 15 is 0 Å². The van der Waals surface area contributed by atoms with Crippen molar-refractivity contribution in [2.45, 2.75) is 0 Å². The molecule has 0 saturated carbocycles. The third-order valence-electron chi connectivity index (χ3n) is 6.47. The fourth-order valence-corrected chi connectivity index (χ4v) is 4.95. The largest absolute Gasteiger partial charge is 0.292 e. The molecule has 0 fully saturated rings. The molecule has 0 bridgehead atoms. The molecule has 0 N–H and O–H groups in total. The quantitative estimate of drug-likeness (QED) is 0.289. The van der Waals surface area contributed by atoms with E-state index in [4.69, 9.17) is 10.2 Å². The Bertz CT molecular complexity index is 1810. The Kier molecular flexibility index (Phi) is 3.84. The van der Waals surface area contributed by atoms with E-state index in [1.807, 2.05) is 18.2 Å². The second-order valence-corrected chi connectivity index (χ2v) is 8.35. The van der Waals surface area contributed by atoms with Gasteiger partial charge in [-0.1, -0.05) is 97.1 Å². The predicted octanol–water partition coefficient (Wildman–Crippen LogP) is 7.55. The van der Waals surface area contributed by atoms with Crippen molar-refractivity contribution in [3.05, 3.63) is 115 Å². The van der Waals surface area contributed by atoms with Gasteiger partial charge in [-0.25, -0.2) is 0 Å². The van der Waals surface area contributed by atoms with E-state index in [1.165, 1.54) is 21.5 Å². The van der Waals surface area contributed by atoms with Crippen molar-refractivity contribution in [1.29, 1.82) is 0 Å². The van der Waals surface area contributed by atoms with Gasteiger partial charge in [0.1, 0.15) is 5.69 Å². The topological polar surface area (TPSA) is 30.7 Å². The van der Waals surface area contributed by atoms with E-state index in [1.54, 1.807) is 0 Å². The summed E-state index contributed by atoms with van der Waals surface area (Å²) in [5.41, 5.74) is 4.25. The molecule has 0 unspecified atom stereocenters. The number of nitrogens with zero attached hydrogens (tertiary/aromatic N) is 3. The van der Waals surface area contributed by atoms with Crippen LogP contribution in [0, 0.1) is 0 Å². The van der Waals surface area contributed by atoms with Gasteiger partial charge in [0.15, 0.2) is 5.82 Å². The first-order valence-electron chi connectivity index (χ1n) is 11.1. The van der Waals surface area contributed by atoms with E-state index < -0.39 is 0 Å². The van der Waals surface area contributed by atoms with Gasteiger partial charge in [-0.2, -0.15) is 0 Å². The first-order chi connectivity index (χ1) is 16.4. The molecule has 3 nitrogen and oxygen atoms in total. The molecule has 0 spiro atoms. The molecule has 0 aliphatic rings. The van der Waals surface area contributed by atoms with Crippen LogP contribution in [0.25, 0.3) is 60.4 Å². The summed E-state index contributed by atoms with van der Waals surface area (Å²) in [6, 6.07) is 40.3. The second-order valence-electron chi connectivity index (χ2n) is 8.35. The minimum atomic E-state index is 0.853. The Hall–Kier alpha value is -4.50. The summed E-state index contributed by atoms with van der Waals surface area (Å²) in [7, 11) is 0. The highest BCUT2D eigenvalue weighted by Gasteiger charge is 2.18. The highest BCUT2D eigenvalue weighted by Crippen LogP contribution is 2.37. The van der Waals surface area contributed by atoms with E-state index in [9.17, 15) is 0 Å². The first-order valence-corrected chi connectivity index (χ1v) is 11.1. The van der Waals surface area contributed by atoms with Crippen LogP contribution < -0.4 is 0 Å². The van der Waals surface area contributed by atoms with E-state index in [2.05, 4.69) is 102 Å². The lowest BCUT2D eigenvalue weighted by Crippen LogP contribution is -2.02. The van der Waals surface area contributed by atoms with Gasteiger partial charge in [0.05, 0.1) is 11.0 Å². The molecule has 0 atom stereocenters. The Morgan fingerprint density at radius 3 is 1.91 bits per heavy atom. The van der Waals surface area contributed by atoms with Crippen LogP contribution in [0.5, 0.6) is 0 Å². The van der Waals surface area contributed by atoms with Gasteiger partial charge >= 0.3 is 0 Å². The summed E-state index contributed by atoms with van der Waals surface area (Å²) in [5, 5.41) is 16.6. The number of benzene rings is 5. The van der Waals surface area contributed by atoms with Gasteiger partial charge in [0.2, 0.25) is 0 Å². The van der Waals surface area contributed by atoms with Gasteiger partial charge in [0.25, 0.3) is 0 Å². The monoisotopic (exact) mass is 421 g/mol. The average Bonchev–Trinajstić information content (AvgIpc) is 3.20. The number of fused-ring (bicyclic) bond motifs is 5. The maximum Gasteiger partial charge on any atom is 0.168 e. The number of para-hydroxylation sites is 1. The SMILES string of the molecule is c1ccc(-c2nnc(-n3c4ccccc4c4cc5ccccc5cc43)c3ccccc23)cc1. The molecule has 154 valence electrons. The van der Waals surface area contributed by atoms with Crippen LogP contribution in [0.3, 0.4) is 0 Å². The van der Waals surface area contributed by atoms with Crippen LogP contribution in [-0.4, -0.2) is 14.8 Å². The molecule has 0 saturated heterocycles. The third-order valence-corrected chi connectivity index (χ3v) is 6.47. The molecule has 2 heterocycles. The average molecular weight is 422 g/mol. The van der Waals surface area contributed by atoms with Crippen molar-refractivity contribution in [2.24, 2.45) is 0 Å². The molecule has 7 aromatic rings. The molecule has 2 aromatic heterocycles. The van der Waals surface area contributed by atoms with Crippen LogP contribution in [0.4, 0.5) is 0 Å². The van der Waals surface area contributed by atoms with Crippen LogP contribution in [0.1, 0.15) is 0 Å². The first kappa shape index (κ1) is 18.1. The van der Waals surface area contributed by atoms with Gasteiger partial charge in [-0.15, -0.1) is 10.2 Å². The highest BCUT2D eigenvalue weighted by molar-refractivity contribution is 6.14. The van der Waals surface area contributed by atoms with Crippen LogP contribution in [-0.2, 0) is 0 Å². The van der Waals surface area contributed by atoms with Crippen molar-refractivity contribution in [1.82, 2.24) is 14.8 Å². The van der Waals surface area contributed by atoms with Crippen LogP contribution >= 0.6 is 0 Å². The Morgan fingerprint density at radius 2 is 1.09 bits per heavy atom. The van der Waals surface area contributed by atoms with E-state index in [0.29, 0.717) is 0 Å². The predicted molar refractivity (Wildman–Crippen MR) is 137 cm³/mol. The lowest BCUT2D eigenvalue weighted by Gasteiger charge is -2.12. The van der Waals surface area contributed by atoms with Crippen molar-refractivity contribution >= 4 is 43.4 Å². The summed E-state index contributed by atoms with van der Waals surface area (Å²) in [6.07, 6.45) is 0. The van der Waals surface area contributed by atoms with Gasteiger partial charge in [0, 0.05) is 27.1 Å². The summed E-state index contributed by atoms with van der Waals surface area (Å²) >= 11 is 0. The number of aromatic nitrogens is 3. The zero-order chi connectivity index (χ0) is 21.8. The van der Waals surface area contributed by atoms with Gasteiger partial charge in [-0.3, -0.25) is 4.57 Å². The molecule has 5 aromatic carbocycles. The lowest BCUT2D eigenvalue weighted by atomic mass is 10.0. The molecular weight excluding hydrogens is 402 g/mol. The number of hydrogen-bond donors (Lipinski definition) is 0. The maximum atomic E-state index is 4.82. The molecule has 0 radical (unpaired) electrons. The van der Waals surface area contributed by atoms with E-state index in [0.717, 1.165) is 38.9 Å². The highest BCUT2D eigenvalue weighted by atomic mass is 15.2. The van der Waals surface area contributed by atoms with Crippen molar-refractivity contribution in [3.8, 4) is 17.1 Å². The zero-order valence-corrected chi connectivity index (χ0v) is 17.8. The molecule has 0 aliphatic heterocycles. The normalized spacial score (nSPS) is 11.6. The molecule has 0 amide bonds. The van der Waals surface area contributed by atoms with Crippen LogP contribution in [0.2, 0.25) is 0 Å². The summed E-state index contributed by atoms with van der Waals surface area (Å²) in [6.45, 7) is 0. The Balaban J connectivity index is 1.62. The minimum Gasteiger partial charge on any atom is -0.292 e. The number of hydrogen-bond acceptors (Lipinski definition) is 2. The Morgan fingerprint density at radius 1 is 0.455 bits per heavy atom. The molecule has 0 aliphatic carbocycles. The maximum absolute atomic E-state index is 4.82. The Labute approximate surface area is 190 Å². The fraction of sp³-hybridized carbons (Fsp3) is 0. The van der Waals surface area contributed by atoms with Crippen molar-refractivity contribution in [2.75, 3.05) is 0 Å². The molecular formula is C30H19N3. The van der Waals surface area contributed by atoms with Gasteiger partial charge in [-0.05, 0) is 29.0 Å². The minimum absolute atomic E-state index is 0.853. The second kappa shape index (κ2) is 7.01. The zero-order valence-electron chi connectivity index (χ0n) is 17.8. The lowest BCUT2D eigenvalue weighted by molar-refractivity contribution is 0.977. The summed E-state index contributed by atoms with van der Waals surface area (Å²) in [4.78, 5) is 0. The van der Waals surface area contributed by atoms with Crippen molar-refractivity contribution in [3.63, 3.8) is 0 Å². The molecule has 7 rings (SSSR count). The summed E-state index contributed by atoms with van der Waals surface area (Å²) in [5.74, 6) is 0.853. The van der Waals surface area contributed by atoms with Crippen molar-refractivity contribution < 1.29 is 0 Å². The molecule has 33 heavy (non-hydrogen) atoms. The fourth-order valence-electron chi connectivity index (χ4n) is 4.95. The standard InChI is InChI=1S/C30H19N3/c1-2-10-20(11-3-1)29-24-15-6-7-16-25(24)30(32-31-29)33-27-17-9-8-14-23(27)26-18-21-12-4-5-13-22(21)19-28(26)33/h1-19H. The van der Waals surface area contributed by atoms with E-state index in [-0.39, 0.29) is 0 Å². The number of rotatable bonds is 2. The molecule has 3 heteroatoms. The van der Waals surface area contributed by atoms with Crippen LogP contribution in [0.15, 0.2) is 115 Å². The summed E-state index contributed by atoms with van der Waals surface area (Å²) < 4.78 is 2.27. The van der Waals surface area contributed by atoms with Gasteiger partial charge < -0.3 is 0 Å². The smallest absolute Gasteiger partial charge is 0.168 e. The third kappa shape index (κ3) is 2.69.